The van der Waals surface area contributed by atoms with Gasteiger partial charge in [-0.25, -0.2) is 9.59 Å². The molecule has 0 atom stereocenters. The van der Waals surface area contributed by atoms with Crippen LogP contribution in [0, 0.1) is 13.8 Å². The van der Waals surface area contributed by atoms with E-state index in [-0.39, 0.29) is 46.8 Å². The Balaban J connectivity index is 0.771. The second-order valence-corrected chi connectivity index (χ2v) is 15.5. The lowest BCUT2D eigenvalue weighted by molar-refractivity contribution is -0.0187. The van der Waals surface area contributed by atoms with Gasteiger partial charge in [-0.2, -0.15) is 0 Å². The third kappa shape index (κ3) is 12.9. The van der Waals surface area contributed by atoms with E-state index in [1.807, 2.05) is 0 Å². The van der Waals surface area contributed by atoms with E-state index in [2.05, 4.69) is 0 Å². The summed E-state index contributed by atoms with van der Waals surface area (Å²) in [6.07, 6.45) is 3.36. The van der Waals surface area contributed by atoms with E-state index >= 15 is 0 Å². The van der Waals surface area contributed by atoms with Gasteiger partial charge in [-0.3, -0.25) is 9.59 Å². The van der Waals surface area contributed by atoms with Gasteiger partial charge in [0.05, 0.1) is 128 Å². The fourth-order valence-corrected chi connectivity index (χ4v) is 7.59. The summed E-state index contributed by atoms with van der Waals surface area (Å²) in [5, 5.41) is 19.0. The minimum Gasteiger partial charge on any atom is -0.494 e. The zero-order valence-corrected chi connectivity index (χ0v) is 39.5. The smallest absolute Gasteiger partial charge is 0.337 e. The first-order valence-electron chi connectivity index (χ1n) is 22.3. The molecule has 6 aromatic rings. The van der Waals surface area contributed by atoms with E-state index in [1.54, 1.807) is 59.3 Å². The summed E-state index contributed by atoms with van der Waals surface area (Å²) in [6, 6.07) is 15.4. The summed E-state index contributed by atoms with van der Waals surface area (Å²) in [7, 11) is 3.04. The summed E-state index contributed by atoms with van der Waals surface area (Å²) in [6.45, 7) is 8.49. The van der Waals surface area contributed by atoms with E-state index in [9.17, 15) is 29.4 Å². The summed E-state index contributed by atoms with van der Waals surface area (Å²) in [5.41, 5.74) is 14.9. The lowest BCUT2D eigenvalue weighted by atomic mass is 10.0. The number of benzene rings is 2. The van der Waals surface area contributed by atoms with E-state index in [0.29, 0.717) is 136 Å². The first-order valence-corrected chi connectivity index (χ1v) is 22.3. The molecule has 6 N–H and O–H groups in total. The van der Waals surface area contributed by atoms with Crippen molar-refractivity contribution in [2.45, 2.75) is 13.8 Å². The Hall–Kier alpha value is -7.20. The predicted octanol–water partition coefficient (Wildman–Crippen LogP) is 5.41. The number of carbonyl (C=O) groups is 4. The SMILES string of the molecule is COc1c(C)c(C(=O)c2ccc(N)c(C(=O)O)c2)n2cc(OCCOCCOCCOCCOCCOCCOCCOc3ccc4c(OC)c(C)c(C(=O)c5ccc(N)c(C(=O)O)c5)n4c3)ccc12. The Bertz CT molecular complexity index is 2600. The van der Waals surface area contributed by atoms with Crippen molar-refractivity contribution in [2.24, 2.45) is 0 Å². The molecule has 374 valence electrons. The number of nitrogen functional groups attached to an aromatic ring is 2. The molecule has 4 heterocycles. The monoisotopic (exact) mass is 970 g/mol. The van der Waals surface area contributed by atoms with Crippen LogP contribution in [0.2, 0.25) is 0 Å². The van der Waals surface area contributed by atoms with Crippen molar-refractivity contribution < 1.29 is 76.8 Å². The molecule has 2 aromatic carbocycles. The van der Waals surface area contributed by atoms with Crippen LogP contribution in [0.3, 0.4) is 0 Å². The van der Waals surface area contributed by atoms with Crippen LogP contribution in [-0.2, 0) is 28.4 Å². The average molecular weight is 971 g/mol. The van der Waals surface area contributed by atoms with Crippen molar-refractivity contribution in [1.82, 2.24) is 8.80 Å². The first-order chi connectivity index (χ1) is 33.9. The summed E-state index contributed by atoms with van der Waals surface area (Å²) < 4.78 is 59.8. The number of ketones is 2. The number of ether oxygens (including phenoxy) is 10. The van der Waals surface area contributed by atoms with Crippen molar-refractivity contribution in [1.29, 1.82) is 0 Å². The number of hydrogen-bond donors (Lipinski definition) is 4. The minimum atomic E-state index is -1.23. The summed E-state index contributed by atoms with van der Waals surface area (Å²) >= 11 is 0. The average Bonchev–Trinajstić information content (AvgIpc) is 3.79. The van der Waals surface area contributed by atoms with Gasteiger partial charge in [0, 0.05) is 33.6 Å². The van der Waals surface area contributed by atoms with Crippen molar-refractivity contribution in [3.05, 3.63) is 118 Å². The van der Waals surface area contributed by atoms with Crippen LogP contribution < -0.4 is 30.4 Å². The minimum absolute atomic E-state index is 0.0633. The standard InChI is InChI=1S/C50H58N4O16/c1-31-43(45(55)33-5-9-39(51)37(27-33)49(57)58)53-29-35(7-11-41(53)47(31)61-3)69-25-23-67-21-19-65-17-15-63-13-14-64-16-18-66-20-22-68-24-26-70-36-8-12-42-48(62-4)32(2)44(54(42)30-36)46(56)34-6-10-40(52)38(28-34)50(59)60/h5-12,27-30H,13-26,51-52H2,1-4H3,(H,57,58)(H,59,60). The second kappa shape index (κ2) is 25.4. The number of pyridine rings is 2. The number of hydrogen-bond acceptors (Lipinski definition) is 16. The van der Waals surface area contributed by atoms with E-state index in [1.165, 1.54) is 50.6 Å². The molecule has 0 aliphatic heterocycles. The number of nitrogens with zero attached hydrogens (tertiary/aromatic N) is 2. The summed E-state index contributed by atoms with van der Waals surface area (Å²) in [5.74, 6) is -1.21. The third-order valence-corrected chi connectivity index (χ3v) is 11.0. The van der Waals surface area contributed by atoms with Gasteiger partial charge in [0.25, 0.3) is 0 Å². The highest BCUT2D eigenvalue weighted by atomic mass is 16.6. The highest BCUT2D eigenvalue weighted by Gasteiger charge is 2.26. The number of aromatic carboxylic acids is 2. The van der Waals surface area contributed by atoms with Gasteiger partial charge >= 0.3 is 11.9 Å². The number of fused-ring (bicyclic) bond motifs is 2. The molecule has 0 spiro atoms. The highest BCUT2D eigenvalue weighted by Crippen LogP contribution is 2.35. The fourth-order valence-electron chi connectivity index (χ4n) is 7.59. The Morgan fingerprint density at radius 3 is 1.09 bits per heavy atom. The van der Waals surface area contributed by atoms with Gasteiger partial charge in [-0.15, -0.1) is 0 Å². The number of carboxylic acids is 2. The van der Waals surface area contributed by atoms with Crippen molar-refractivity contribution in [3.8, 4) is 23.0 Å². The van der Waals surface area contributed by atoms with Crippen LogP contribution in [0.15, 0.2) is 73.1 Å². The van der Waals surface area contributed by atoms with Crippen LogP contribution in [0.1, 0.15) is 63.9 Å². The maximum Gasteiger partial charge on any atom is 0.337 e. The number of aromatic nitrogens is 2. The molecule has 0 bridgehead atoms. The Labute approximate surface area is 403 Å². The molecule has 0 aliphatic carbocycles. The van der Waals surface area contributed by atoms with Gasteiger partial charge in [-0.05, 0) is 74.5 Å². The molecule has 20 nitrogen and oxygen atoms in total. The maximum atomic E-state index is 13.6. The van der Waals surface area contributed by atoms with E-state index < -0.39 is 23.5 Å². The predicted molar refractivity (Wildman–Crippen MR) is 256 cm³/mol. The number of nitrogens with two attached hydrogens (primary N) is 2. The zero-order valence-electron chi connectivity index (χ0n) is 39.5. The van der Waals surface area contributed by atoms with Crippen molar-refractivity contribution in [2.75, 3.05) is 118 Å². The number of carboxylic acid groups (broad SMARTS) is 2. The van der Waals surface area contributed by atoms with Crippen LogP contribution >= 0.6 is 0 Å². The molecule has 20 heteroatoms. The largest absolute Gasteiger partial charge is 0.494 e. The molecule has 6 rings (SSSR count). The quantitative estimate of drug-likeness (QED) is 0.0241. The van der Waals surface area contributed by atoms with Crippen molar-refractivity contribution in [3.63, 3.8) is 0 Å². The van der Waals surface area contributed by atoms with E-state index in [4.69, 9.17) is 58.8 Å². The van der Waals surface area contributed by atoms with Crippen LogP contribution in [0.4, 0.5) is 11.4 Å². The maximum absolute atomic E-state index is 13.6. The number of carbonyl (C=O) groups excluding carboxylic acids is 2. The first kappa shape index (κ1) is 52.2. The molecule has 70 heavy (non-hydrogen) atoms. The molecule has 0 amide bonds. The van der Waals surface area contributed by atoms with Crippen molar-refractivity contribution >= 4 is 45.9 Å². The normalized spacial score (nSPS) is 11.3. The van der Waals surface area contributed by atoms with Crippen LogP contribution in [-0.4, -0.2) is 149 Å². The van der Waals surface area contributed by atoms with Gasteiger partial charge in [0.15, 0.2) is 0 Å². The Kier molecular flexibility index (Phi) is 18.9. The molecular formula is C50H58N4O16. The van der Waals surface area contributed by atoms with Gasteiger partial charge in [-0.1, -0.05) is 0 Å². The molecule has 0 radical (unpaired) electrons. The Morgan fingerprint density at radius 2 is 0.786 bits per heavy atom. The lowest BCUT2D eigenvalue weighted by Gasteiger charge is -2.10. The molecule has 0 aliphatic rings. The second-order valence-electron chi connectivity index (χ2n) is 15.5. The molecular weight excluding hydrogens is 913 g/mol. The van der Waals surface area contributed by atoms with Gasteiger partial charge < -0.3 is 77.9 Å². The van der Waals surface area contributed by atoms with Crippen LogP contribution in [0.25, 0.3) is 11.0 Å². The lowest BCUT2D eigenvalue weighted by Crippen LogP contribution is -2.15. The molecule has 0 fully saturated rings. The van der Waals surface area contributed by atoms with E-state index in [0.717, 1.165) is 0 Å². The summed E-state index contributed by atoms with van der Waals surface area (Å²) in [4.78, 5) is 50.6. The zero-order chi connectivity index (χ0) is 50.2. The van der Waals surface area contributed by atoms with Gasteiger partial charge in [0.1, 0.15) is 47.6 Å². The molecule has 4 aromatic heterocycles. The molecule has 0 unspecified atom stereocenters. The Morgan fingerprint density at radius 1 is 0.471 bits per heavy atom. The number of rotatable bonds is 31. The molecule has 0 saturated carbocycles. The topological polar surface area (TPSA) is 262 Å². The fraction of sp³-hybridized carbons (Fsp3) is 0.360. The van der Waals surface area contributed by atoms with Crippen LogP contribution in [0.5, 0.6) is 23.0 Å². The molecule has 0 saturated heterocycles. The van der Waals surface area contributed by atoms with Gasteiger partial charge in [0.2, 0.25) is 11.6 Å². The highest BCUT2D eigenvalue weighted by molar-refractivity contribution is 6.13. The number of methoxy groups -OCH3 is 2. The third-order valence-electron chi connectivity index (χ3n) is 11.0. The number of anilines is 2.